The third-order valence-electron chi connectivity index (χ3n) is 2.71. The molecule has 1 atom stereocenters. The van der Waals surface area contributed by atoms with Crippen molar-refractivity contribution >= 4 is 18.5 Å². The standard InChI is InChI=1S/C12H15N2O3P/c1-17-18(15,16)10-4-8-14-9-7-11-5-2-3-6-12(11)13-14/h2-3,5-7,9H,4,8,10H2,1H3/p+1. The van der Waals surface area contributed by atoms with Crippen molar-refractivity contribution in [2.24, 2.45) is 0 Å². The molecule has 2 rings (SSSR count). The van der Waals surface area contributed by atoms with Crippen LogP contribution in [0.25, 0.3) is 10.9 Å². The van der Waals surface area contributed by atoms with Gasteiger partial charge in [-0.2, -0.15) is 0 Å². The zero-order valence-electron chi connectivity index (χ0n) is 10.2. The van der Waals surface area contributed by atoms with E-state index in [1.807, 2.05) is 36.5 Å². The summed E-state index contributed by atoms with van der Waals surface area (Å²) in [4.78, 5) is 9.28. The molecule has 2 aromatic rings. The van der Waals surface area contributed by atoms with Gasteiger partial charge in [0.1, 0.15) is 5.52 Å². The molecule has 1 heterocycles. The van der Waals surface area contributed by atoms with Gasteiger partial charge in [-0.1, -0.05) is 22.9 Å². The fourth-order valence-electron chi connectivity index (χ4n) is 1.71. The van der Waals surface area contributed by atoms with E-state index >= 15 is 0 Å². The van der Waals surface area contributed by atoms with Crippen LogP contribution >= 0.6 is 7.60 Å². The lowest BCUT2D eigenvalue weighted by molar-refractivity contribution is -0.751. The topological polar surface area (TPSA) is 63.3 Å². The van der Waals surface area contributed by atoms with Crippen LogP contribution in [0.5, 0.6) is 0 Å². The first-order valence-corrected chi connectivity index (χ1v) is 7.50. The molecule has 0 spiro atoms. The van der Waals surface area contributed by atoms with Gasteiger partial charge < -0.3 is 9.42 Å². The fraction of sp³-hybridized carbons (Fsp3) is 0.333. The second kappa shape index (κ2) is 5.57. The van der Waals surface area contributed by atoms with Gasteiger partial charge in [0.05, 0.1) is 6.16 Å². The van der Waals surface area contributed by atoms with E-state index in [0.717, 1.165) is 10.9 Å². The summed E-state index contributed by atoms with van der Waals surface area (Å²) >= 11 is 0. The van der Waals surface area contributed by atoms with Crippen LogP contribution in [0, 0.1) is 0 Å². The molecule has 0 bridgehead atoms. The number of benzene rings is 1. The number of fused-ring (bicyclic) bond motifs is 1. The Labute approximate surface area is 106 Å². The molecule has 0 saturated carbocycles. The van der Waals surface area contributed by atoms with Crippen LogP contribution in [-0.4, -0.2) is 23.3 Å². The van der Waals surface area contributed by atoms with E-state index in [2.05, 4.69) is 9.62 Å². The Morgan fingerprint density at radius 1 is 1.39 bits per heavy atom. The van der Waals surface area contributed by atoms with Gasteiger partial charge >= 0.3 is 7.60 Å². The van der Waals surface area contributed by atoms with Crippen LogP contribution < -0.4 is 4.68 Å². The van der Waals surface area contributed by atoms with Crippen LogP contribution in [0.15, 0.2) is 36.5 Å². The lowest BCUT2D eigenvalue weighted by Crippen LogP contribution is -2.37. The van der Waals surface area contributed by atoms with Crippen molar-refractivity contribution in [1.29, 1.82) is 0 Å². The third kappa shape index (κ3) is 3.35. The molecule has 1 aromatic heterocycles. The number of hydrogen-bond acceptors (Lipinski definition) is 3. The van der Waals surface area contributed by atoms with E-state index in [1.165, 1.54) is 7.11 Å². The second-order valence-electron chi connectivity index (χ2n) is 4.03. The largest absolute Gasteiger partial charge is 0.328 e. The first-order valence-electron chi connectivity index (χ1n) is 5.74. The van der Waals surface area contributed by atoms with Gasteiger partial charge in [0, 0.05) is 30.1 Å². The summed E-state index contributed by atoms with van der Waals surface area (Å²) in [7, 11) is -2.15. The lowest BCUT2D eigenvalue weighted by atomic mass is 10.2. The molecule has 0 radical (unpaired) electrons. The van der Waals surface area contributed by atoms with Crippen LogP contribution in [-0.2, 0) is 15.6 Å². The summed E-state index contributed by atoms with van der Waals surface area (Å²) in [5, 5.41) is 5.51. The minimum absolute atomic E-state index is 0.144. The summed E-state index contributed by atoms with van der Waals surface area (Å²) in [5.74, 6) is 0. The van der Waals surface area contributed by atoms with Gasteiger partial charge in [0.2, 0.25) is 0 Å². The van der Waals surface area contributed by atoms with Crippen molar-refractivity contribution in [3.63, 3.8) is 0 Å². The summed E-state index contributed by atoms with van der Waals surface area (Å²) in [6.45, 7) is 0.596. The molecule has 0 saturated heterocycles. The Balaban J connectivity index is 2.02. The molecule has 18 heavy (non-hydrogen) atoms. The van der Waals surface area contributed by atoms with E-state index in [9.17, 15) is 9.46 Å². The summed E-state index contributed by atoms with van der Waals surface area (Å²) in [5.41, 5.74) is 0.916. The molecule has 0 fully saturated rings. The molecule has 1 aromatic carbocycles. The highest BCUT2D eigenvalue weighted by atomic mass is 31.2. The van der Waals surface area contributed by atoms with Gasteiger partial charge in [-0.25, -0.2) is 0 Å². The highest BCUT2D eigenvalue weighted by Gasteiger charge is 2.17. The van der Waals surface area contributed by atoms with Gasteiger partial charge in [-0.3, -0.25) is 4.57 Å². The number of aryl methyl sites for hydroxylation is 1. The number of nitrogens with zero attached hydrogens (tertiary/aromatic N) is 2. The third-order valence-corrected chi connectivity index (χ3v) is 4.16. The molecule has 1 unspecified atom stereocenters. The zero-order valence-corrected chi connectivity index (χ0v) is 11.1. The van der Waals surface area contributed by atoms with Gasteiger partial charge in [0.15, 0.2) is 12.7 Å². The summed E-state index contributed by atoms with van der Waals surface area (Å²) in [6.07, 6.45) is 2.57. The molecule has 0 aliphatic heterocycles. The molecule has 0 aliphatic carbocycles. The van der Waals surface area contributed by atoms with Crippen molar-refractivity contribution in [3.8, 4) is 0 Å². The lowest BCUT2D eigenvalue weighted by Gasteiger charge is -2.06. The Bertz CT molecular complexity index is 588. The zero-order chi connectivity index (χ0) is 13.0. The smallest absolute Gasteiger partial charge is 0.324 e. The molecule has 5 nitrogen and oxygen atoms in total. The summed E-state index contributed by atoms with van der Waals surface area (Å²) in [6, 6.07) is 9.83. The van der Waals surface area contributed by atoms with Crippen molar-refractivity contribution in [2.75, 3.05) is 13.3 Å². The molecular formula is C12H16N2O3P+. The highest BCUT2D eigenvalue weighted by Crippen LogP contribution is 2.40. The Morgan fingerprint density at radius 3 is 2.94 bits per heavy atom. The van der Waals surface area contributed by atoms with Gasteiger partial charge in [-0.05, 0) is 6.07 Å². The van der Waals surface area contributed by atoms with E-state index < -0.39 is 7.60 Å². The van der Waals surface area contributed by atoms with Crippen LogP contribution in [0.3, 0.4) is 0 Å². The SMILES string of the molecule is COP(=O)(O)CCC[n+]1ccc2ccccc2n1. The van der Waals surface area contributed by atoms with E-state index in [-0.39, 0.29) is 6.16 Å². The maximum atomic E-state index is 11.3. The van der Waals surface area contributed by atoms with E-state index in [0.29, 0.717) is 13.0 Å². The maximum Gasteiger partial charge on any atom is 0.328 e. The average molecular weight is 267 g/mol. The van der Waals surface area contributed by atoms with E-state index in [4.69, 9.17) is 0 Å². The van der Waals surface area contributed by atoms with Crippen molar-refractivity contribution in [3.05, 3.63) is 36.5 Å². The molecule has 96 valence electrons. The normalized spacial score (nSPS) is 14.6. The monoisotopic (exact) mass is 267 g/mol. The maximum absolute atomic E-state index is 11.3. The predicted molar refractivity (Wildman–Crippen MR) is 68.3 cm³/mol. The minimum atomic E-state index is -3.40. The van der Waals surface area contributed by atoms with Gasteiger partial charge in [0.25, 0.3) is 0 Å². The fourth-order valence-corrected chi connectivity index (χ4v) is 2.43. The Morgan fingerprint density at radius 2 is 2.17 bits per heavy atom. The molecular weight excluding hydrogens is 251 g/mol. The summed E-state index contributed by atoms with van der Waals surface area (Å²) < 4.78 is 17.6. The Kier molecular flexibility index (Phi) is 4.07. The molecule has 0 aliphatic rings. The minimum Gasteiger partial charge on any atom is -0.324 e. The second-order valence-corrected chi connectivity index (χ2v) is 6.12. The predicted octanol–water partition coefficient (Wildman–Crippen LogP) is 1.74. The number of aromatic nitrogens is 2. The molecule has 0 amide bonds. The van der Waals surface area contributed by atoms with Crippen molar-refractivity contribution in [2.45, 2.75) is 13.0 Å². The number of rotatable bonds is 5. The molecule has 6 heteroatoms. The van der Waals surface area contributed by atoms with Crippen molar-refractivity contribution in [1.82, 2.24) is 5.10 Å². The first-order chi connectivity index (χ1) is 8.61. The number of hydrogen-bond donors (Lipinski definition) is 1. The van der Waals surface area contributed by atoms with Crippen LogP contribution in [0.4, 0.5) is 0 Å². The van der Waals surface area contributed by atoms with E-state index in [1.54, 1.807) is 4.68 Å². The quantitative estimate of drug-likeness (QED) is 0.662. The average Bonchev–Trinajstić information content (AvgIpc) is 2.38. The van der Waals surface area contributed by atoms with Gasteiger partial charge in [-0.15, -0.1) is 0 Å². The van der Waals surface area contributed by atoms with Crippen molar-refractivity contribution < 1.29 is 18.7 Å². The molecule has 1 N–H and O–H groups in total. The van der Waals surface area contributed by atoms with Crippen LogP contribution in [0.1, 0.15) is 6.42 Å². The van der Waals surface area contributed by atoms with Crippen LogP contribution in [0.2, 0.25) is 0 Å². The highest BCUT2D eigenvalue weighted by molar-refractivity contribution is 7.52. The first kappa shape index (κ1) is 13.1. The Hall–Kier alpha value is -1.29.